The second-order valence-corrected chi connectivity index (χ2v) is 3.64. The molecule has 18 heavy (non-hydrogen) atoms. The van der Waals surface area contributed by atoms with Crippen molar-refractivity contribution < 1.29 is 14.3 Å². The van der Waals surface area contributed by atoms with Gasteiger partial charge in [0.25, 0.3) is 0 Å². The molecule has 0 radical (unpaired) electrons. The summed E-state index contributed by atoms with van der Waals surface area (Å²) in [4.78, 5) is 10.9. The number of rotatable bonds is 5. The molecule has 2 rings (SSSR count). The molecule has 0 saturated heterocycles. The number of hydrogen-bond acceptors (Lipinski definition) is 5. The average Bonchev–Trinajstić information content (AvgIpc) is 2.78. The summed E-state index contributed by atoms with van der Waals surface area (Å²) >= 11 is 0. The molecule has 0 aliphatic heterocycles. The van der Waals surface area contributed by atoms with Crippen LogP contribution in [0.1, 0.15) is 10.5 Å². The van der Waals surface area contributed by atoms with Crippen LogP contribution < -0.4 is 4.74 Å². The van der Waals surface area contributed by atoms with E-state index in [-0.39, 0.29) is 6.79 Å². The highest BCUT2D eigenvalue weighted by Crippen LogP contribution is 2.22. The molecule has 0 bridgehead atoms. The zero-order chi connectivity index (χ0) is 13.0. The number of aromatic nitrogens is 3. The molecule has 94 valence electrons. The van der Waals surface area contributed by atoms with Crippen molar-refractivity contribution in [3.8, 4) is 17.0 Å². The van der Waals surface area contributed by atoms with Crippen molar-refractivity contribution in [2.24, 2.45) is 7.05 Å². The molecule has 1 aromatic heterocycles. The average molecular weight is 247 g/mol. The maximum Gasteiger partial charge on any atom is 0.188 e. The molecule has 0 saturated carbocycles. The third-order valence-electron chi connectivity index (χ3n) is 2.45. The smallest absolute Gasteiger partial charge is 0.188 e. The van der Waals surface area contributed by atoms with Crippen LogP contribution in [0.4, 0.5) is 0 Å². The van der Waals surface area contributed by atoms with Gasteiger partial charge in [0.15, 0.2) is 13.1 Å². The Kier molecular flexibility index (Phi) is 3.69. The Hall–Kier alpha value is -2.21. The lowest BCUT2D eigenvalue weighted by Crippen LogP contribution is -1.98. The van der Waals surface area contributed by atoms with Gasteiger partial charge in [-0.25, -0.2) is 4.68 Å². The van der Waals surface area contributed by atoms with Crippen molar-refractivity contribution in [1.29, 1.82) is 0 Å². The molecule has 1 aromatic carbocycles. The summed E-state index contributed by atoms with van der Waals surface area (Å²) < 4.78 is 11.5. The highest BCUT2D eigenvalue weighted by molar-refractivity contribution is 5.83. The van der Waals surface area contributed by atoms with Crippen LogP contribution in [-0.4, -0.2) is 35.2 Å². The van der Waals surface area contributed by atoms with E-state index < -0.39 is 0 Å². The fourth-order valence-corrected chi connectivity index (χ4v) is 1.54. The molecule has 0 N–H and O–H groups in total. The summed E-state index contributed by atoms with van der Waals surface area (Å²) in [5.41, 5.74) is 1.82. The SMILES string of the molecule is COCOc1ccc(-c2nnn(C)c2C=O)cc1. The van der Waals surface area contributed by atoms with Crippen LogP contribution in [0.5, 0.6) is 5.75 Å². The van der Waals surface area contributed by atoms with E-state index in [1.54, 1.807) is 26.3 Å². The predicted octanol–water partition coefficient (Wildman–Crippen LogP) is 1.28. The number of methoxy groups -OCH3 is 1. The van der Waals surface area contributed by atoms with Gasteiger partial charge >= 0.3 is 0 Å². The Labute approximate surface area is 104 Å². The molecule has 0 fully saturated rings. The van der Waals surface area contributed by atoms with Crippen molar-refractivity contribution in [3.63, 3.8) is 0 Å². The van der Waals surface area contributed by atoms with Crippen LogP contribution in [0.3, 0.4) is 0 Å². The molecule has 0 unspecified atom stereocenters. The number of carbonyl (C=O) groups excluding carboxylic acids is 1. The monoisotopic (exact) mass is 247 g/mol. The third-order valence-corrected chi connectivity index (χ3v) is 2.45. The zero-order valence-electron chi connectivity index (χ0n) is 10.2. The molecule has 0 atom stereocenters. The zero-order valence-corrected chi connectivity index (χ0v) is 10.2. The number of benzene rings is 1. The normalized spacial score (nSPS) is 10.3. The minimum absolute atomic E-state index is 0.198. The standard InChI is InChI=1S/C12H13N3O3/c1-15-11(7-16)12(13-14-15)9-3-5-10(6-4-9)18-8-17-2/h3-7H,8H2,1-2H3. The number of nitrogens with zero attached hydrogens (tertiary/aromatic N) is 3. The van der Waals surface area contributed by atoms with E-state index >= 15 is 0 Å². The van der Waals surface area contributed by atoms with E-state index in [0.717, 1.165) is 11.8 Å². The number of carbonyl (C=O) groups is 1. The largest absolute Gasteiger partial charge is 0.468 e. The van der Waals surface area contributed by atoms with E-state index in [9.17, 15) is 4.79 Å². The molecule has 2 aromatic rings. The molecule has 1 heterocycles. The quantitative estimate of drug-likeness (QED) is 0.588. The molecule has 0 aliphatic carbocycles. The number of hydrogen-bond donors (Lipinski definition) is 0. The first-order valence-electron chi connectivity index (χ1n) is 5.33. The maximum atomic E-state index is 10.9. The molecule has 6 heteroatoms. The Morgan fingerprint density at radius 3 is 2.67 bits per heavy atom. The van der Waals surface area contributed by atoms with Crippen LogP contribution in [-0.2, 0) is 11.8 Å². The summed E-state index contributed by atoms with van der Waals surface area (Å²) in [7, 11) is 3.24. The summed E-state index contributed by atoms with van der Waals surface area (Å²) in [6.45, 7) is 0.198. The number of aryl methyl sites for hydroxylation is 1. The Balaban J connectivity index is 2.26. The lowest BCUT2D eigenvalue weighted by atomic mass is 10.1. The van der Waals surface area contributed by atoms with Gasteiger partial charge in [-0.3, -0.25) is 4.79 Å². The van der Waals surface area contributed by atoms with Gasteiger partial charge in [-0.1, -0.05) is 5.21 Å². The van der Waals surface area contributed by atoms with Crippen LogP contribution in [0.25, 0.3) is 11.3 Å². The highest BCUT2D eigenvalue weighted by atomic mass is 16.7. The third kappa shape index (κ3) is 2.38. The Bertz CT molecular complexity index is 534. The first-order chi connectivity index (χ1) is 8.76. The van der Waals surface area contributed by atoms with E-state index in [4.69, 9.17) is 9.47 Å². The number of ether oxygens (including phenoxy) is 2. The van der Waals surface area contributed by atoms with Crippen molar-refractivity contribution in [2.75, 3.05) is 13.9 Å². The second kappa shape index (κ2) is 5.42. The highest BCUT2D eigenvalue weighted by Gasteiger charge is 2.11. The van der Waals surface area contributed by atoms with Crippen LogP contribution in [0, 0.1) is 0 Å². The van der Waals surface area contributed by atoms with Crippen molar-refractivity contribution in [2.45, 2.75) is 0 Å². The van der Waals surface area contributed by atoms with Gasteiger partial charge in [0, 0.05) is 19.7 Å². The Morgan fingerprint density at radius 1 is 1.33 bits per heavy atom. The van der Waals surface area contributed by atoms with Crippen molar-refractivity contribution in [3.05, 3.63) is 30.0 Å². The fourth-order valence-electron chi connectivity index (χ4n) is 1.54. The van der Waals surface area contributed by atoms with Gasteiger partial charge in [-0.2, -0.15) is 0 Å². The first kappa shape index (κ1) is 12.3. The molecule has 0 spiro atoms. The topological polar surface area (TPSA) is 66.2 Å². The van der Waals surface area contributed by atoms with Gasteiger partial charge in [0.05, 0.1) is 0 Å². The van der Waals surface area contributed by atoms with Gasteiger partial charge in [0.1, 0.15) is 17.1 Å². The fraction of sp³-hybridized carbons (Fsp3) is 0.250. The minimum atomic E-state index is 0.198. The van der Waals surface area contributed by atoms with E-state index in [1.807, 2.05) is 12.1 Å². The summed E-state index contributed by atoms with van der Waals surface area (Å²) in [5.74, 6) is 0.692. The lowest BCUT2D eigenvalue weighted by Gasteiger charge is -2.04. The van der Waals surface area contributed by atoms with Gasteiger partial charge < -0.3 is 9.47 Å². The summed E-state index contributed by atoms with van der Waals surface area (Å²) in [5, 5.41) is 7.78. The van der Waals surface area contributed by atoms with Crippen molar-refractivity contribution >= 4 is 6.29 Å². The van der Waals surface area contributed by atoms with E-state index in [1.165, 1.54) is 4.68 Å². The molecule has 0 amide bonds. The molecule has 0 aliphatic rings. The van der Waals surface area contributed by atoms with Gasteiger partial charge in [0.2, 0.25) is 0 Å². The predicted molar refractivity (Wildman–Crippen MR) is 64.3 cm³/mol. The Morgan fingerprint density at radius 2 is 2.06 bits per heavy atom. The first-order valence-corrected chi connectivity index (χ1v) is 5.33. The van der Waals surface area contributed by atoms with Crippen molar-refractivity contribution in [1.82, 2.24) is 15.0 Å². The lowest BCUT2D eigenvalue weighted by molar-refractivity contribution is 0.0511. The van der Waals surface area contributed by atoms with Gasteiger partial charge in [-0.05, 0) is 24.3 Å². The number of aldehydes is 1. The minimum Gasteiger partial charge on any atom is -0.468 e. The molecular weight excluding hydrogens is 234 g/mol. The maximum absolute atomic E-state index is 10.9. The van der Waals surface area contributed by atoms with Crippen LogP contribution in [0.2, 0.25) is 0 Å². The molecular formula is C12H13N3O3. The van der Waals surface area contributed by atoms with Crippen LogP contribution in [0.15, 0.2) is 24.3 Å². The summed E-state index contributed by atoms with van der Waals surface area (Å²) in [6, 6.07) is 7.22. The second-order valence-electron chi connectivity index (χ2n) is 3.64. The van der Waals surface area contributed by atoms with Crippen LogP contribution >= 0.6 is 0 Å². The van der Waals surface area contributed by atoms with Gasteiger partial charge in [-0.15, -0.1) is 5.10 Å². The van der Waals surface area contributed by atoms with E-state index in [0.29, 0.717) is 17.1 Å². The van der Waals surface area contributed by atoms with E-state index in [2.05, 4.69) is 10.3 Å². The summed E-state index contributed by atoms with van der Waals surface area (Å²) in [6.07, 6.45) is 0.741. The molecule has 6 nitrogen and oxygen atoms in total.